The molecule has 1 heterocycles. The molecule has 1 N–H and O–H groups in total. The van der Waals surface area contributed by atoms with Gasteiger partial charge in [-0.2, -0.15) is 0 Å². The van der Waals surface area contributed by atoms with Crippen LogP contribution in [0.3, 0.4) is 0 Å². The smallest absolute Gasteiger partial charge is 0.264 e. The van der Waals surface area contributed by atoms with E-state index in [4.69, 9.17) is 20.9 Å². The Morgan fingerprint density at radius 2 is 1.84 bits per heavy atom. The number of halogens is 1. The van der Waals surface area contributed by atoms with Crippen molar-refractivity contribution in [1.82, 2.24) is 5.16 Å². The molecular formula is C19H17ClN2O3. The first kappa shape index (κ1) is 17.0. The first-order valence-corrected chi connectivity index (χ1v) is 8.12. The van der Waals surface area contributed by atoms with Crippen LogP contribution in [0.1, 0.15) is 11.1 Å². The van der Waals surface area contributed by atoms with Crippen LogP contribution in [0.5, 0.6) is 5.75 Å². The third-order valence-electron chi connectivity index (χ3n) is 3.62. The molecule has 1 amide bonds. The zero-order valence-corrected chi connectivity index (χ0v) is 14.6. The largest absolute Gasteiger partial charge is 0.484 e. The maximum atomic E-state index is 12.0. The van der Waals surface area contributed by atoms with Gasteiger partial charge in [0.25, 0.3) is 5.91 Å². The normalized spacial score (nSPS) is 10.5. The Hall–Kier alpha value is -2.79. The van der Waals surface area contributed by atoms with E-state index in [2.05, 4.69) is 10.5 Å². The van der Waals surface area contributed by atoms with Gasteiger partial charge in [0.05, 0.1) is 0 Å². The van der Waals surface area contributed by atoms with Crippen LogP contribution in [0.2, 0.25) is 5.02 Å². The highest BCUT2D eigenvalue weighted by Crippen LogP contribution is 2.26. The lowest BCUT2D eigenvalue weighted by atomic mass is 10.1. The van der Waals surface area contributed by atoms with Gasteiger partial charge in [-0.3, -0.25) is 10.1 Å². The fourth-order valence-electron chi connectivity index (χ4n) is 2.39. The van der Waals surface area contributed by atoms with Crippen molar-refractivity contribution in [2.45, 2.75) is 13.8 Å². The Morgan fingerprint density at radius 1 is 1.16 bits per heavy atom. The lowest BCUT2D eigenvalue weighted by Crippen LogP contribution is -2.19. The Balaban J connectivity index is 1.59. The minimum absolute atomic E-state index is 0.137. The maximum absolute atomic E-state index is 12.0. The molecule has 0 bridgehead atoms. The second-order valence-corrected chi connectivity index (χ2v) is 6.03. The van der Waals surface area contributed by atoms with E-state index in [-0.39, 0.29) is 18.4 Å². The van der Waals surface area contributed by atoms with Gasteiger partial charge < -0.3 is 9.26 Å². The fraction of sp³-hybridized carbons (Fsp3) is 0.158. The van der Waals surface area contributed by atoms with Crippen molar-refractivity contribution in [2.24, 2.45) is 0 Å². The quantitative estimate of drug-likeness (QED) is 0.723. The van der Waals surface area contributed by atoms with Gasteiger partial charge in [-0.1, -0.05) is 47.1 Å². The Bertz CT molecular complexity index is 868. The monoisotopic (exact) mass is 356 g/mol. The number of hydrogen-bond donors (Lipinski definition) is 1. The molecule has 0 atom stereocenters. The number of anilines is 1. The zero-order valence-electron chi connectivity index (χ0n) is 13.9. The SMILES string of the molecule is Cc1cc(OCC(=O)Nc2cc(-c3ccccc3)no2)cc(C)c1Cl. The third kappa shape index (κ3) is 4.19. The number of carbonyl (C=O) groups is 1. The molecule has 0 aliphatic carbocycles. The van der Waals surface area contributed by atoms with E-state index in [1.54, 1.807) is 18.2 Å². The summed E-state index contributed by atoms with van der Waals surface area (Å²) in [6.07, 6.45) is 0. The molecule has 6 heteroatoms. The molecule has 0 saturated carbocycles. The van der Waals surface area contributed by atoms with Crippen molar-refractivity contribution in [1.29, 1.82) is 0 Å². The maximum Gasteiger partial charge on any atom is 0.264 e. The van der Waals surface area contributed by atoms with Gasteiger partial charge in [-0.05, 0) is 37.1 Å². The molecule has 0 spiro atoms. The number of rotatable bonds is 5. The molecule has 25 heavy (non-hydrogen) atoms. The van der Waals surface area contributed by atoms with E-state index in [0.717, 1.165) is 16.7 Å². The predicted octanol–water partition coefficient (Wildman–Crippen LogP) is 4.63. The van der Waals surface area contributed by atoms with Crippen molar-refractivity contribution in [3.8, 4) is 17.0 Å². The van der Waals surface area contributed by atoms with Gasteiger partial charge in [0, 0.05) is 16.7 Å². The Morgan fingerprint density at radius 3 is 2.52 bits per heavy atom. The predicted molar refractivity (Wildman–Crippen MR) is 97.0 cm³/mol. The summed E-state index contributed by atoms with van der Waals surface area (Å²) in [6, 6.07) is 14.8. The van der Waals surface area contributed by atoms with Crippen molar-refractivity contribution in [3.63, 3.8) is 0 Å². The lowest BCUT2D eigenvalue weighted by molar-refractivity contribution is -0.118. The lowest BCUT2D eigenvalue weighted by Gasteiger charge is -2.09. The molecule has 128 valence electrons. The van der Waals surface area contributed by atoms with Crippen LogP contribution in [-0.4, -0.2) is 17.7 Å². The highest BCUT2D eigenvalue weighted by atomic mass is 35.5. The van der Waals surface area contributed by atoms with Crippen molar-refractivity contribution < 1.29 is 14.1 Å². The van der Waals surface area contributed by atoms with Crippen LogP contribution in [0.15, 0.2) is 53.1 Å². The molecule has 0 aliphatic rings. The van der Waals surface area contributed by atoms with Gasteiger partial charge in [0.15, 0.2) is 6.61 Å². The molecule has 0 aliphatic heterocycles. The summed E-state index contributed by atoms with van der Waals surface area (Å²) in [7, 11) is 0. The fourth-order valence-corrected chi connectivity index (χ4v) is 2.50. The summed E-state index contributed by atoms with van der Waals surface area (Å²) in [5, 5.41) is 7.27. The third-order valence-corrected chi connectivity index (χ3v) is 4.22. The highest BCUT2D eigenvalue weighted by Gasteiger charge is 2.11. The van der Waals surface area contributed by atoms with E-state index < -0.39 is 0 Å². The molecule has 3 aromatic rings. The molecule has 0 fully saturated rings. The molecule has 1 aromatic heterocycles. The average Bonchev–Trinajstić information content (AvgIpc) is 3.07. The van der Waals surface area contributed by atoms with Crippen LogP contribution < -0.4 is 10.1 Å². The standard InChI is InChI=1S/C19H17ClN2O3/c1-12-8-15(9-13(2)19(12)20)24-11-17(23)21-18-10-16(22-25-18)14-6-4-3-5-7-14/h3-10H,11H2,1-2H3,(H,21,23). The second-order valence-electron chi connectivity index (χ2n) is 5.65. The Labute approximate surface area is 150 Å². The van der Waals surface area contributed by atoms with Crippen LogP contribution in [0.25, 0.3) is 11.3 Å². The van der Waals surface area contributed by atoms with Crippen LogP contribution in [0.4, 0.5) is 5.88 Å². The summed E-state index contributed by atoms with van der Waals surface area (Å²) in [6.45, 7) is 3.64. The molecule has 3 rings (SSSR count). The van der Waals surface area contributed by atoms with Crippen LogP contribution in [0, 0.1) is 13.8 Å². The van der Waals surface area contributed by atoms with Gasteiger partial charge in [-0.15, -0.1) is 0 Å². The highest BCUT2D eigenvalue weighted by molar-refractivity contribution is 6.32. The van der Waals surface area contributed by atoms with Crippen LogP contribution >= 0.6 is 11.6 Å². The molecule has 2 aromatic carbocycles. The van der Waals surface area contributed by atoms with Crippen molar-refractivity contribution >= 4 is 23.4 Å². The first-order valence-electron chi connectivity index (χ1n) is 7.74. The minimum Gasteiger partial charge on any atom is -0.484 e. The van der Waals surface area contributed by atoms with Gasteiger partial charge >= 0.3 is 0 Å². The Kier molecular flexibility index (Phi) is 5.05. The van der Waals surface area contributed by atoms with E-state index in [1.807, 2.05) is 44.2 Å². The molecule has 5 nitrogen and oxygen atoms in total. The van der Waals surface area contributed by atoms with Gasteiger partial charge in [0.2, 0.25) is 5.88 Å². The number of aryl methyl sites for hydroxylation is 2. The number of nitrogens with one attached hydrogen (secondary N) is 1. The summed E-state index contributed by atoms with van der Waals surface area (Å²) >= 11 is 6.12. The summed E-state index contributed by atoms with van der Waals surface area (Å²) in [5.41, 5.74) is 3.37. The number of aromatic nitrogens is 1. The molecular weight excluding hydrogens is 340 g/mol. The van der Waals surface area contributed by atoms with E-state index in [0.29, 0.717) is 16.5 Å². The first-order chi connectivity index (χ1) is 12.0. The number of nitrogens with zero attached hydrogens (tertiary/aromatic N) is 1. The number of amides is 1. The van der Waals surface area contributed by atoms with Gasteiger partial charge in [-0.25, -0.2) is 0 Å². The summed E-state index contributed by atoms with van der Waals surface area (Å²) < 4.78 is 10.7. The number of ether oxygens (including phenoxy) is 1. The number of benzene rings is 2. The van der Waals surface area contributed by atoms with E-state index >= 15 is 0 Å². The molecule has 0 radical (unpaired) electrons. The zero-order chi connectivity index (χ0) is 17.8. The summed E-state index contributed by atoms with van der Waals surface area (Å²) in [5.74, 6) is 0.536. The van der Waals surface area contributed by atoms with Crippen molar-refractivity contribution in [3.05, 3.63) is 64.7 Å². The van der Waals surface area contributed by atoms with E-state index in [1.165, 1.54) is 0 Å². The average molecular weight is 357 g/mol. The van der Waals surface area contributed by atoms with Gasteiger partial charge in [0.1, 0.15) is 11.4 Å². The van der Waals surface area contributed by atoms with Crippen molar-refractivity contribution in [2.75, 3.05) is 11.9 Å². The van der Waals surface area contributed by atoms with Crippen LogP contribution in [-0.2, 0) is 4.79 Å². The van der Waals surface area contributed by atoms with E-state index in [9.17, 15) is 4.79 Å². The second kappa shape index (κ2) is 7.40. The molecule has 0 saturated heterocycles. The number of hydrogen-bond acceptors (Lipinski definition) is 4. The minimum atomic E-state index is -0.332. The number of carbonyl (C=O) groups excluding carboxylic acids is 1. The molecule has 0 unspecified atom stereocenters. The topological polar surface area (TPSA) is 64.4 Å². The summed E-state index contributed by atoms with van der Waals surface area (Å²) in [4.78, 5) is 12.0.